The van der Waals surface area contributed by atoms with Gasteiger partial charge in [0, 0.05) is 13.0 Å². The van der Waals surface area contributed by atoms with Crippen molar-refractivity contribution in [3.8, 4) is 0 Å². The van der Waals surface area contributed by atoms with Gasteiger partial charge in [0.05, 0.1) is 0 Å². The molecule has 0 aromatic carbocycles. The Morgan fingerprint density at radius 1 is 1.35 bits per heavy atom. The second-order valence-corrected chi connectivity index (χ2v) is 6.09. The lowest BCUT2D eigenvalue weighted by molar-refractivity contribution is 0.0634. The fourth-order valence-electron chi connectivity index (χ4n) is 2.28. The molecule has 1 fully saturated rings. The van der Waals surface area contributed by atoms with Gasteiger partial charge in [0.25, 0.3) is 0 Å². The van der Waals surface area contributed by atoms with Crippen LogP contribution in [-0.2, 0) is 11.8 Å². The maximum Gasteiger partial charge on any atom is 0.414 e. The topological polar surface area (TPSA) is 81.1 Å². The highest BCUT2D eigenvalue weighted by molar-refractivity contribution is 5.82. The number of hydrogen-bond acceptors (Lipinski definition) is 5. The van der Waals surface area contributed by atoms with Gasteiger partial charge in [-0.25, -0.2) is 4.79 Å². The van der Waals surface area contributed by atoms with Crippen molar-refractivity contribution < 1.29 is 9.53 Å². The van der Waals surface area contributed by atoms with Crippen molar-refractivity contribution >= 4 is 12.0 Å². The van der Waals surface area contributed by atoms with Gasteiger partial charge in [-0.2, -0.15) is 0 Å². The maximum absolute atomic E-state index is 11.7. The van der Waals surface area contributed by atoms with E-state index in [1.54, 1.807) is 0 Å². The van der Waals surface area contributed by atoms with Gasteiger partial charge in [-0.05, 0) is 46.7 Å². The number of carbonyl (C=O) groups is 1. The van der Waals surface area contributed by atoms with E-state index in [2.05, 4.69) is 20.8 Å². The zero-order chi connectivity index (χ0) is 14.8. The van der Waals surface area contributed by atoms with Gasteiger partial charge >= 0.3 is 6.09 Å². The van der Waals surface area contributed by atoms with Gasteiger partial charge in [-0.3, -0.25) is 9.88 Å². The van der Waals surface area contributed by atoms with Crippen LogP contribution in [0.4, 0.5) is 10.7 Å². The minimum Gasteiger partial charge on any atom is -0.444 e. The predicted octanol–water partition coefficient (Wildman–Crippen LogP) is 1.63. The summed E-state index contributed by atoms with van der Waals surface area (Å²) in [5, 5.41) is 14.2. The highest BCUT2D eigenvalue weighted by atomic mass is 16.6. The summed E-state index contributed by atoms with van der Waals surface area (Å²) >= 11 is 0. The summed E-state index contributed by atoms with van der Waals surface area (Å²) < 4.78 is 7.04. The number of anilines is 1. The molecule has 1 aliphatic rings. The maximum atomic E-state index is 11.7. The van der Waals surface area contributed by atoms with Gasteiger partial charge in [-0.1, -0.05) is 0 Å². The van der Waals surface area contributed by atoms with Gasteiger partial charge in [0.2, 0.25) is 5.95 Å². The molecule has 0 spiro atoms. The normalized spacial score (nSPS) is 17.0. The summed E-state index contributed by atoms with van der Waals surface area (Å²) in [6.45, 7) is 7.45. The van der Waals surface area contributed by atoms with E-state index in [4.69, 9.17) is 4.74 Å². The molecular weight excluding hydrogens is 258 g/mol. The Balaban J connectivity index is 2.03. The average molecular weight is 281 g/mol. The van der Waals surface area contributed by atoms with Crippen molar-refractivity contribution in [1.29, 1.82) is 0 Å². The SMILES string of the molecule is Cn1c(NC(=O)OC(C)(C)C)nnc1C1CCNCC1. The molecule has 0 atom stereocenters. The van der Waals surface area contributed by atoms with E-state index in [-0.39, 0.29) is 0 Å². The summed E-state index contributed by atoms with van der Waals surface area (Å²) in [4.78, 5) is 11.7. The minimum atomic E-state index is -0.527. The number of aromatic nitrogens is 3. The van der Waals surface area contributed by atoms with E-state index in [9.17, 15) is 4.79 Å². The van der Waals surface area contributed by atoms with E-state index < -0.39 is 11.7 Å². The van der Waals surface area contributed by atoms with Crippen LogP contribution >= 0.6 is 0 Å². The first-order valence-electron chi connectivity index (χ1n) is 6.97. The fourth-order valence-corrected chi connectivity index (χ4v) is 2.28. The first kappa shape index (κ1) is 14.8. The van der Waals surface area contributed by atoms with Gasteiger partial charge in [0.1, 0.15) is 11.4 Å². The highest BCUT2D eigenvalue weighted by Crippen LogP contribution is 2.24. The molecule has 2 heterocycles. The van der Waals surface area contributed by atoms with Crippen molar-refractivity contribution in [2.75, 3.05) is 18.4 Å². The van der Waals surface area contributed by atoms with Gasteiger partial charge in [0.15, 0.2) is 0 Å². The summed E-state index contributed by atoms with van der Waals surface area (Å²) in [6.07, 6.45) is 1.57. The van der Waals surface area contributed by atoms with Gasteiger partial charge < -0.3 is 10.1 Å². The van der Waals surface area contributed by atoms with Crippen LogP contribution in [0.25, 0.3) is 0 Å². The summed E-state index contributed by atoms with van der Waals surface area (Å²) in [7, 11) is 1.87. The molecular formula is C13H23N5O2. The molecule has 112 valence electrons. The first-order valence-corrected chi connectivity index (χ1v) is 6.97. The van der Waals surface area contributed by atoms with Crippen LogP contribution in [0.1, 0.15) is 45.4 Å². The minimum absolute atomic E-state index is 0.392. The molecule has 1 aliphatic heterocycles. The number of ether oxygens (including phenoxy) is 1. The van der Waals surface area contributed by atoms with Crippen molar-refractivity contribution in [1.82, 2.24) is 20.1 Å². The molecule has 0 bridgehead atoms. The van der Waals surface area contributed by atoms with E-state index in [1.165, 1.54) is 0 Å². The molecule has 1 saturated heterocycles. The Bertz CT molecular complexity index is 472. The van der Waals surface area contributed by atoms with Crippen LogP contribution in [0, 0.1) is 0 Å². The lowest BCUT2D eigenvalue weighted by atomic mass is 9.97. The van der Waals surface area contributed by atoms with Crippen LogP contribution in [0.15, 0.2) is 0 Å². The number of amides is 1. The van der Waals surface area contributed by atoms with Gasteiger partial charge in [-0.15, -0.1) is 10.2 Å². The van der Waals surface area contributed by atoms with E-state index in [0.29, 0.717) is 11.9 Å². The molecule has 2 rings (SSSR count). The zero-order valence-electron chi connectivity index (χ0n) is 12.6. The zero-order valence-corrected chi connectivity index (χ0v) is 12.6. The van der Waals surface area contributed by atoms with E-state index >= 15 is 0 Å². The molecule has 0 aliphatic carbocycles. The Morgan fingerprint density at radius 2 is 2.00 bits per heavy atom. The Hall–Kier alpha value is -1.63. The standard InChI is InChI=1S/C13H23N5O2/c1-13(2,3)20-12(19)15-11-17-16-10(18(11)4)9-5-7-14-8-6-9/h9,14H,5-8H2,1-4H3,(H,15,17,19). The fraction of sp³-hybridized carbons (Fsp3) is 0.769. The van der Waals surface area contributed by atoms with E-state index in [1.807, 2.05) is 32.4 Å². The van der Waals surface area contributed by atoms with Crippen molar-refractivity contribution in [3.05, 3.63) is 5.82 Å². The second-order valence-electron chi connectivity index (χ2n) is 6.09. The van der Waals surface area contributed by atoms with Crippen LogP contribution in [0.3, 0.4) is 0 Å². The van der Waals surface area contributed by atoms with Crippen LogP contribution in [-0.4, -0.2) is 39.5 Å². The molecule has 0 saturated carbocycles. The third-order valence-electron chi connectivity index (χ3n) is 3.23. The molecule has 7 heteroatoms. The first-order chi connectivity index (χ1) is 9.37. The van der Waals surface area contributed by atoms with Crippen LogP contribution in [0.5, 0.6) is 0 Å². The average Bonchev–Trinajstić information content (AvgIpc) is 2.70. The largest absolute Gasteiger partial charge is 0.444 e. The molecule has 1 aromatic rings. The lowest BCUT2D eigenvalue weighted by Crippen LogP contribution is -2.29. The molecule has 20 heavy (non-hydrogen) atoms. The number of carbonyl (C=O) groups excluding carboxylic acids is 1. The van der Waals surface area contributed by atoms with Crippen molar-refractivity contribution in [2.45, 2.75) is 45.1 Å². The summed E-state index contributed by atoms with van der Waals surface area (Å²) in [5.74, 6) is 1.73. The molecule has 0 unspecified atom stereocenters. The molecule has 2 N–H and O–H groups in total. The number of piperidine rings is 1. The third kappa shape index (κ3) is 3.69. The number of hydrogen-bond donors (Lipinski definition) is 2. The predicted molar refractivity (Wildman–Crippen MR) is 75.7 cm³/mol. The quantitative estimate of drug-likeness (QED) is 0.861. The Labute approximate surface area is 119 Å². The molecule has 0 radical (unpaired) electrons. The molecule has 7 nitrogen and oxygen atoms in total. The van der Waals surface area contributed by atoms with Crippen LogP contribution in [0.2, 0.25) is 0 Å². The van der Waals surface area contributed by atoms with Crippen molar-refractivity contribution in [2.24, 2.45) is 7.05 Å². The molecule has 1 amide bonds. The molecule has 1 aromatic heterocycles. The number of rotatable bonds is 2. The monoisotopic (exact) mass is 281 g/mol. The number of nitrogens with one attached hydrogen (secondary N) is 2. The Morgan fingerprint density at radius 3 is 2.60 bits per heavy atom. The van der Waals surface area contributed by atoms with Crippen LogP contribution < -0.4 is 10.6 Å². The highest BCUT2D eigenvalue weighted by Gasteiger charge is 2.23. The lowest BCUT2D eigenvalue weighted by Gasteiger charge is -2.22. The smallest absolute Gasteiger partial charge is 0.414 e. The van der Waals surface area contributed by atoms with E-state index in [0.717, 1.165) is 31.8 Å². The summed E-state index contributed by atoms with van der Waals surface area (Å²) in [5.41, 5.74) is -0.527. The Kier molecular flexibility index (Phi) is 4.27. The second kappa shape index (κ2) is 5.78. The van der Waals surface area contributed by atoms with Crippen molar-refractivity contribution in [3.63, 3.8) is 0 Å². The number of nitrogens with zero attached hydrogens (tertiary/aromatic N) is 3. The summed E-state index contributed by atoms with van der Waals surface area (Å²) in [6, 6.07) is 0. The third-order valence-corrected chi connectivity index (χ3v) is 3.23.